The summed E-state index contributed by atoms with van der Waals surface area (Å²) < 4.78 is 48.5. The second kappa shape index (κ2) is 6.68. The lowest BCUT2D eigenvalue weighted by Gasteiger charge is -2.20. The van der Waals surface area contributed by atoms with Gasteiger partial charge in [0, 0.05) is 24.3 Å². The standard InChI is InChI=1S/C13H15F3O3/c1-3-18-12(19-4-2)11-7-10(13(14,15)16)6-5-9(11)8-17/h5-8,12H,3-4H2,1-2H3. The van der Waals surface area contributed by atoms with E-state index in [-0.39, 0.29) is 24.3 Å². The highest BCUT2D eigenvalue weighted by molar-refractivity contribution is 5.77. The smallest absolute Gasteiger partial charge is 0.349 e. The second-order valence-electron chi connectivity index (χ2n) is 3.70. The minimum atomic E-state index is -4.47. The highest BCUT2D eigenvalue weighted by Crippen LogP contribution is 2.33. The molecular weight excluding hydrogens is 261 g/mol. The van der Waals surface area contributed by atoms with Gasteiger partial charge in [-0.2, -0.15) is 13.2 Å². The molecule has 0 aliphatic heterocycles. The van der Waals surface area contributed by atoms with E-state index in [1.807, 2.05) is 0 Å². The summed E-state index contributed by atoms with van der Waals surface area (Å²) in [5.41, 5.74) is -0.620. The van der Waals surface area contributed by atoms with Crippen molar-refractivity contribution in [2.75, 3.05) is 13.2 Å². The van der Waals surface area contributed by atoms with E-state index in [1.54, 1.807) is 13.8 Å². The Labute approximate surface area is 109 Å². The van der Waals surface area contributed by atoms with E-state index in [1.165, 1.54) is 0 Å². The van der Waals surface area contributed by atoms with Gasteiger partial charge in [0.15, 0.2) is 12.6 Å². The molecule has 0 aromatic heterocycles. The molecule has 0 heterocycles. The first-order valence-corrected chi connectivity index (χ1v) is 5.83. The molecule has 0 fully saturated rings. The molecule has 6 heteroatoms. The molecule has 0 amide bonds. The Morgan fingerprint density at radius 3 is 2.21 bits per heavy atom. The van der Waals surface area contributed by atoms with Crippen LogP contribution >= 0.6 is 0 Å². The van der Waals surface area contributed by atoms with Crippen LogP contribution in [-0.2, 0) is 15.7 Å². The van der Waals surface area contributed by atoms with E-state index in [2.05, 4.69) is 0 Å². The number of carbonyl (C=O) groups is 1. The Balaban J connectivity index is 3.23. The van der Waals surface area contributed by atoms with Gasteiger partial charge in [0.1, 0.15) is 0 Å². The van der Waals surface area contributed by atoms with Crippen molar-refractivity contribution in [3.05, 3.63) is 34.9 Å². The van der Waals surface area contributed by atoms with Crippen LogP contribution < -0.4 is 0 Å². The summed E-state index contributed by atoms with van der Waals surface area (Å²) in [6.45, 7) is 3.92. The van der Waals surface area contributed by atoms with Crippen molar-refractivity contribution in [2.24, 2.45) is 0 Å². The Kier molecular flexibility index (Phi) is 5.50. The quantitative estimate of drug-likeness (QED) is 0.588. The number of halogens is 3. The highest BCUT2D eigenvalue weighted by Gasteiger charge is 2.32. The average molecular weight is 276 g/mol. The Hall–Kier alpha value is -1.40. The minimum absolute atomic E-state index is 0.0912. The van der Waals surface area contributed by atoms with E-state index in [0.717, 1.165) is 18.2 Å². The highest BCUT2D eigenvalue weighted by atomic mass is 19.4. The fourth-order valence-electron chi connectivity index (χ4n) is 1.59. The number of alkyl halides is 3. The Morgan fingerprint density at radius 1 is 1.21 bits per heavy atom. The van der Waals surface area contributed by atoms with Crippen LogP contribution in [0.1, 0.15) is 41.6 Å². The predicted octanol–water partition coefficient (Wildman–Crippen LogP) is 3.59. The van der Waals surface area contributed by atoms with Crippen molar-refractivity contribution >= 4 is 6.29 Å². The molecule has 0 spiro atoms. The van der Waals surface area contributed by atoms with Gasteiger partial charge in [0.05, 0.1) is 5.56 Å². The van der Waals surface area contributed by atoms with Crippen molar-refractivity contribution in [1.82, 2.24) is 0 Å². The van der Waals surface area contributed by atoms with Crippen molar-refractivity contribution in [3.63, 3.8) is 0 Å². The molecule has 1 aromatic rings. The van der Waals surface area contributed by atoms with Gasteiger partial charge in [-0.15, -0.1) is 0 Å². The molecule has 0 aliphatic rings. The van der Waals surface area contributed by atoms with Crippen LogP contribution in [0.4, 0.5) is 13.2 Å². The largest absolute Gasteiger partial charge is 0.416 e. The van der Waals surface area contributed by atoms with Crippen LogP contribution in [0, 0.1) is 0 Å². The van der Waals surface area contributed by atoms with Crippen LogP contribution in [0.5, 0.6) is 0 Å². The first-order chi connectivity index (χ1) is 8.93. The van der Waals surface area contributed by atoms with E-state index in [9.17, 15) is 18.0 Å². The molecule has 0 aliphatic carbocycles. The van der Waals surface area contributed by atoms with Gasteiger partial charge in [-0.25, -0.2) is 0 Å². The van der Waals surface area contributed by atoms with E-state index >= 15 is 0 Å². The van der Waals surface area contributed by atoms with Gasteiger partial charge < -0.3 is 9.47 Å². The van der Waals surface area contributed by atoms with Crippen molar-refractivity contribution in [3.8, 4) is 0 Å². The molecule has 1 rings (SSSR count). The van der Waals surface area contributed by atoms with Gasteiger partial charge in [0.25, 0.3) is 0 Å². The predicted molar refractivity (Wildman–Crippen MR) is 62.8 cm³/mol. The van der Waals surface area contributed by atoms with E-state index in [0.29, 0.717) is 6.29 Å². The summed E-state index contributed by atoms with van der Waals surface area (Å²) in [4.78, 5) is 10.9. The number of hydrogen-bond donors (Lipinski definition) is 0. The number of aldehydes is 1. The molecule has 0 N–H and O–H groups in total. The maximum Gasteiger partial charge on any atom is 0.416 e. The number of ether oxygens (including phenoxy) is 2. The Morgan fingerprint density at radius 2 is 1.79 bits per heavy atom. The molecule has 0 saturated heterocycles. The third kappa shape index (κ3) is 4.04. The van der Waals surface area contributed by atoms with E-state index in [4.69, 9.17) is 9.47 Å². The van der Waals surface area contributed by atoms with Crippen molar-refractivity contribution in [1.29, 1.82) is 0 Å². The maximum absolute atomic E-state index is 12.7. The molecule has 1 aromatic carbocycles. The fourth-order valence-corrected chi connectivity index (χ4v) is 1.59. The zero-order valence-electron chi connectivity index (χ0n) is 10.7. The normalized spacial score (nSPS) is 11.9. The number of carbonyl (C=O) groups excluding carboxylic acids is 1. The summed E-state index contributed by atoms with van der Waals surface area (Å²) in [7, 11) is 0. The maximum atomic E-state index is 12.7. The number of rotatable bonds is 6. The first-order valence-electron chi connectivity index (χ1n) is 5.83. The summed E-state index contributed by atoms with van der Waals surface area (Å²) in [5.74, 6) is 0. The lowest BCUT2D eigenvalue weighted by atomic mass is 10.0. The zero-order valence-corrected chi connectivity index (χ0v) is 10.7. The van der Waals surface area contributed by atoms with Crippen LogP contribution in [0.3, 0.4) is 0 Å². The van der Waals surface area contributed by atoms with Crippen LogP contribution in [0.2, 0.25) is 0 Å². The van der Waals surface area contributed by atoms with Gasteiger partial charge in [-0.3, -0.25) is 4.79 Å². The molecule has 0 unspecified atom stereocenters. The topological polar surface area (TPSA) is 35.5 Å². The second-order valence-corrected chi connectivity index (χ2v) is 3.70. The molecular formula is C13H15F3O3. The molecule has 0 atom stereocenters. The fraction of sp³-hybridized carbons (Fsp3) is 0.462. The van der Waals surface area contributed by atoms with Crippen LogP contribution in [0.15, 0.2) is 18.2 Å². The van der Waals surface area contributed by atoms with Crippen molar-refractivity contribution in [2.45, 2.75) is 26.3 Å². The molecule has 3 nitrogen and oxygen atoms in total. The monoisotopic (exact) mass is 276 g/mol. The first kappa shape index (κ1) is 15.7. The molecule has 0 bridgehead atoms. The lowest BCUT2D eigenvalue weighted by Crippen LogP contribution is -2.14. The van der Waals surface area contributed by atoms with Crippen LogP contribution in [-0.4, -0.2) is 19.5 Å². The Bertz CT molecular complexity index is 424. The van der Waals surface area contributed by atoms with Gasteiger partial charge >= 0.3 is 6.18 Å². The van der Waals surface area contributed by atoms with Crippen molar-refractivity contribution < 1.29 is 27.4 Å². The zero-order chi connectivity index (χ0) is 14.5. The number of benzene rings is 1. The summed E-state index contributed by atoms with van der Waals surface area (Å²) in [5, 5.41) is 0. The summed E-state index contributed by atoms with van der Waals surface area (Å²) in [6.07, 6.45) is -4.96. The molecule has 0 radical (unpaired) electrons. The molecule has 106 valence electrons. The van der Waals surface area contributed by atoms with Gasteiger partial charge in [0.2, 0.25) is 0 Å². The molecule has 19 heavy (non-hydrogen) atoms. The summed E-state index contributed by atoms with van der Waals surface area (Å²) >= 11 is 0. The van der Waals surface area contributed by atoms with Crippen LogP contribution in [0.25, 0.3) is 0 Å². The third-order valence-electron chi connectivity index (χ3n) is 2.43. The summed E-state index contributed by atoms with van der Waals surface area (Å²) in [6, 6.07) is 2.87. The average Bonchev–Trinajstić information content (AvgIpc) is 2.36. The SMILES string of the molecule is CCOC(OCC)c1cc(C(F)(F)F)ccc1C=O. The van der Waals surface area contributed by atoms with E-state index < -0.39 is 18.0 Å². The van der Waals surface area contributed by atoms with Gasteiger partial charge in [-0.05, 0) is 26.0 Å². The molecule has 0 saturated carbocycles. The minimum Gasteiger partial charge on any atom is -0.349 e. The van der Waals surface area contributed by atoms with Gasteiger partial charge in [-0.1, -0.05) is 6.07 Å². The third-order valence-corrected chi connectivity index (χ3v) is 2.43. The number of hydrogen-bond acceptors (Lipinski definition) is 3. The lowest BCUT2D eigenvalue weighted by molar-refractivity contribution is -0.144.